The van der Waals surface area contributed by atoms with Crippen LogP contribution < -0.4 is 10.1 Å². The SMILES string of the molecule is Cc1ccc2c(c1)OCC2(C)CCC(=O)NC=O. The summed E-state index contributed by atoms with van der Waals surface area (Å²) in [6.45, 7) is 4.69. The molecule has 1 aliphatic rings. The van der Waals surface area contributed by atoms with Crippen molar-refractivity contribution >= 4 is 12.3 Å². The van der Waals surface area contributed by atoms with Crippen LogP contribution in [0.4, 0.5) is 0 Å². The zero-order valence-electron chi connectivity index (χ0n) is 10.7. The number of aryl methyl sites for hydroxylation is 1. The van der Waals surface area contributed by atoms with Crippen molar-refractivity contribution in [3.8, 4) is 5.75 Å². The normalized spacial score (nSPS) is 21.0. The monoisotopic (exact) mass is 247 g/mol. The van der Waals surface area contributed by atoms with Crippen molar-refractivity contribution in [2.75, 3.05) is 6.61 Å². The highest BCUT2D eigenvalue weighted by Crippen LogP contribution is 2.41. The quantitative estimate of drug-likeness (QED) is 0.824. The van der Waals surface area contributed by atoms with Crippen LogP contribution in [0.25, 0.3) is 0 Å². The predicted octanol–water partition coefficient (Wildman–Crippen LogP) is 1.70. The molecule has 0 spiro atoms. The minimum Gasteiger partial charge on any atom is -0.492 e. The summed E-state index contributed by atoms with van der Waals surface area (Å²) in [5.41, 5.74) is 2.16. The van der Waals surface area contributed by atoms with E-state index >= 15 is 0 Å². The zero-order chi connectivity index (χ0) is 13.2. The number of fused-ring (bicyclic) bond motifs is 1. The lowest BCUT2D eigenvalue weighted by Crippen LogP contribution is -2.28. The van der Waals surface area contributed by atoms with Gasteiger partial charge in [-0.15, -0.1) is 0 Å². The highest BCUT2D eigenvalue weighted by molar-refractivity contribution is 5.85. The molecule has 1 N–H and O–H groups in total. The van der Waals surface area contributed by atoms with Gasteiger partial charge in [-0.3, -0.25) is 14.9 Å². The molecule has 0 fully saturated rings. The second kappa shape index (κ2) is 4.80. The third-order valence-electron chi connectivity index (χ3n) is 3.46. The predicted molar refractivity (Wildman–Crippen MR) is 67.5 cm³/mol. The summed E-state index contributed by atoms with van der Waals surface area (Å²) in [7, 11) is 0. The van der Waals surface area contributed by atoms with Crippen molar-refractivity contribution in [2.45, 2.75) is 32.1 Å². The maximum Gasteiger partial charge on any atom is 0.226 e. The minimum atomic E-state index is -0.244. The number of nitrogens with one attached hydrogen (secondary N) is 1. The second-order valence-corrected chi connectivity index (χ2v) is 5.03. The molecule has 4 heteroatoms. The van der Waals surface area contributed by atoms with Gasteiger partial charge in [-0.25, -0.2) is 0 Å². The van der Waals surface area contributed by atoms with Crippen molar-refractivity contribution in [3.05, 3.63) is 29.3 Å². The summed E-state index contributed by atoms with van der Waals surface area (Å²) in [5.74, 6) is 0.667. The van der Waals surface area contributed by atoms with Gasteiger partial charge in [-0.05, 0) is 25.0 Å². The van der Waals surface area contributed by atoms with Crippen LogP contribution in [-0.2, 0) is 15.0 Å². The molecule has 4 nitrogen and oxygen atoms in total. The van der Waals surface area contributed by atoms with Gasteiger partial charge in [0.25, 0.3) is 0 Å². The number of hydrogen-bond donors (Lipinski definition) is 1. The number of imide groups is 1. The first-order chi connectivity index (χ1) is 8.55. The molecule has 96 valence electrons. The molecular formula is C14H17NO3. The smallest absolute Gasteiger partial charge is 0.226 e. The molecule has 1 aromatic rings. The molecule has 1 heterocycles. The van der Waals surface area contributed by atoms with Gasteiger partial charge in [-0.2, -0.15) is 0 Å². The largest absolute Gasteiger partial charge is 0.492 e. The molecule has 1 aromatic carbocycles. The number of amides is 2. The number of hydrogen-bond acceptors (Lipinski definition) is 3. The van der Waals surface area contributed by atoms with Gasteiger partial charge >= 0.3 is 0 Å². The summed E-state index contributed by atoms with van der Waals surface area (Å²) in [6.07, 6.45) is 1.42. The third kappa shape index (κ3) is 2.37. The molecule has 0 bridgehead atoms. The fourth-order valence-electron chi connectivity index (χ4n) is 2.30. The molecule has 2 amide bonds. The van der Waals surface area contributed by atoms with Gasteiger partial charge in [0.05, 0.1) is 6.61 Å². The lowest BCUT2D eigenvalue weighted by Gasteiger charge is -2.22. The number of carbonyl (C=O) groups excluding carboxylic acids is 2. The lowest BCUT2D eigenvalue weighted by atomic mass is 9.80. The summed E-state index contributed by atoms with van der Waals surface area (Å²) >= 11 is 0. The lowest BCUT2D eigenvalue weighted by molar-refractivity contribution is -0.125. The fraction of sp³-hybridized carbons (Fsp3) is 0.429. The maximum absolute atomic E-state index is 11.3. The van der Waals surface area contributed by atoms with Crippen molar-refractivity contribution in [3.63, 3.8) is 0 Å². The van der Waals surface area contributed by atoms with Crippen LogP contribution in [0.5, 0.6) is 5.75 Å². The summed E-state index contributed by atoms with van der Waals surface area (Å²) in [5, 5.41) is 2.16. The van der Waals surface area contributed by atoms with Gasteiger partial charge in [0.1, 0.15) is 5.75 Å². The zero-order valence-corrected chi connectivity index (χ0v) is 10.7. The maximum atomic E-state index is 11.3. The van der Waals surface area contributed by atoms with Crippen molar-refractivity contribution in [1.82, 2.24) is 5.32 Å². The first-order valence-corrected chi connectivity index (χ1v) is 6.02. The first-order valence-electron chi connectivity index (χ1n) is 6.02. The van der Waals surface area contributed by atoms with E-state index in [0.717, 1.165) is 16.9 Å². The Morgan fingerprint density at radius 3 is 3.06 bits per heavy atom. The molecule has 18 heavy (non-hydrogen) atoms. The number of rotatable bonds is 4. The van der Waals surface area contributed by atoms with Crippen molar-refractivity contribution in [1.29, 1.82) is 0 Å². The van der Waals surface area contributed by atoms with Crippen LogP contribution in [0.2, 0.25) is 0 Å². The van der Waals surface area contributed by atoms with Gasteiger partial charge in [0, 0.05) is 17.4 Å². The molecule has 0 aromatic heterocycles. The van der Waals surface area contributed by atoms with Crippen LogP contribution in [0.3, 0.4) is 0 Å². The molecule has 0 aliphatic carbocycles. The minimum absolute atomic E-state index is 0.150. The third-order valence-corrected chi connectivity index (χ3v) is 3.46. The van der Waals surface area contributed by atoms with Crippen LogP contribution in [0.15, 0.2) is 18.2 Å². The average Bonchev–Trinajstić information content (AvgIpc) is 2.65. The number of ether oxygens (including phenoxy) is 1. The van der Waals surface area contributed by atoms with Gasteiger partial charge in [0.2, 0.25) is 12.3 Å². The van der Waals surface area contributed by atoms with E-state index < -0.39 is 0 Å². The van der Waals surface area contributed by atoms with E-state index in [9.17, 15) is 9.59 Å². The standard InChI is InChI=1S/C14H17NO3/c1-10-3-4-11-12(7-10)18-8-14(11,2)6-5-13(17)15-9-16/h3-4,7,9H,5-6,8H2,1-2H3,(H,15,16,17). The Morgan fingerprint density at radius 2 is 2.33 bits per heavy atom. The van der Waals surface area contributed by atoms with Crippen LogP contribution in [0.1, 0.15) is 30.9 Å². The Hall–Kier alpha value is -1.84. The molecule has 1 aliphatic heterocycles. The first kappa shape index (κ1) is 12.6. The average molecular weight is 247 g/mol. The van der Waals surface area contributed by atoms with Crippen LogP contribution in [-0.4, -0.2) is 18.9 Å². The van der Waals surface area contributed by atoms with Gasteiger partial charge in [-0.1, -0.05) is 19.1 Å². The molecule has 2 rings (SSSR count). The molecule has 0 saturated heterocycles. The molecule has 0 saturated carbocycles. The van der Waals surface area contributed by atoms with E-state index in [2.05, 4.69) is 24.4 Å². The topological polar surface area (TPSA) is 55.4 Å². The fourth-order valence-corrected chi connectivity index (χ4v) is 2.30. The van der Waals surface area contributed by atoms with E-state index in [4.69, 9.17) is 4.74 Å². The van der Waals surface area contributed by atoms with Crippen molar-refractivity contribution < 1.29 is 14.3 Å². The number of carbonyl (C=O) groups is 2. The molecule has 1 unspecified atom stereocenters. The Balaban J connectivity index is 2.10. The van der Waals surface area contributed by atoms with E-state index in [1.807, 2.05) is 13.0 Å². The summed E-state index contributed by atoms with van der Waals surface area (Å²) < 4.78 is 5.69. The van der Waals surface area contributed by atoms with E-state index in [1.165, 1.54) is 0 Å². The van der Waals surface area contributed by atoms with Crippen LogP contribution in [0, 0.1) is 6.92 Å². The number of benzene rings is 1. The van der Waals surface area contributed by atoms with E-state index in [0.29, 0.717) is 25.9 Å². The Labute approximate surface area is 106 Å². The highest BCUT2D eigenvalue weighted by Gasteiger charge is 2.36. The molecule has 1 atom stereocenters. The van der Waals surface area contributed by atoms with Crippen LogP contribution >= 0.6 is 0 Å². The van der Waals surface area contributed by atoms with E-state index in [-0.39, 0.29) is 11.3 Å². The van der Waals surface area contributed by atoms with Gasteiger partial charge < -0.3 is 4.74 Å². The molecule has 0 radical (unpaired) electrons. The van der Waals surface area contributed by atoms with Crippen molar-refractivity contribution in [2.24, 2.45) is 0 Å². The Bertz CT molecular complexity index is 484. The van der Waals surface area contributed by atoms with Gasteiger partial charge in [0.15, 0.2) is 0 Å². The van der Waals surface area contributed by atoms with E-state index in [1.54, 1.807) is 0 Å². The summed E-state index contributed by atoms with van der Waals surface area (Å²) in [4.78, 5) is 21.5. The second-order valence-electron chi connectivity index (χ2n) is 5.03. The Kier molecular flexibility index (Phi) is 3.36. The highest BCUT2D eigenvalue weighted by atomic mass is 16.5. The summed E-state index contributed by atoms with van der Waals surface area (Å²) in [6, 6.07) is 6.14. The Morgan fingerprint density at radius 1 is 1.56 bits per heavy atom. The molecular weight excluding hydrogens is 230 g/mol.